The second-order valence-electron chi connectivity index (χ2n) is 6.35. The lowest BCUT2D eigenvalue weighted by molar-refractivity contribution is 0.112. The number of benzene rings is 3. The van der Waals surface area contributed by atoms with Gasteiger partial charge in [0.05, 0.1) is 24.8 Å². The van der Waals surface area contributed by atoms with Crippen LogP contribution in [0.2, 0.25) is 0 Å². The van der Waals surface area contributed by atoms with Gasteiger partial charge in [0.2, 0.25) is 0 Å². The Hall–Kier alpha value is -3.24. The van der Waals surface area contributed by atoms with Crippen molar-refractivity contribution >= 4 is 16.7 Å². The molecule has 1 heterocycles. The summed E-state index contributed by atoms with van der Waals surface area (Å²) in [5, 5.41) is 4.55. The van der Waals surface area contributed by atoms with E-state index in [9.17, 15) is 0 Å². The molecule has 0 aliphatic rings. The van der Waals surface area contributed by atoms with Gasteiger partial charge in [-0.1, -0.05) is 72.8 Å². The number of para-hydroxylation sites is 1. The quantitative estimate of drug-likeness (QED) is 0.507. The average Bonchev–Trinajstić information content (AvgIpc) is 2.74. The zero-order valence-electron chi connectivity index (χ0n) is 15.0. The summed E-state index contributed by atoms with van der Waals surface area (Å²) >= 11 is 0. The summed E-state index contributed by atoms with van der Waals surface area (Å²) in [5.74, 6) is 0.817. The number of ether oxygens (including phenoxy) is 1. The Morgan fingerprint density at radius 2 is 1.48 bits per heavy atom. The van der Waals surface area contributed by atoms with E-state index in [0.717, 1.165) is 27.8 Å². The highest BCUT2D eigenvalue weighted by molar-refractivity contribution is 5.88. The topological polar surface area (TPSA) is 47.0 Å². The monoisotopic (exact) mass is 355 g/mol. The number of nitrogens with zero attached hydrogens (tertiary/aromatic N) is 2. The van der Waals surface area contributed by atoms with Gasteiger partial charge in [-0.25, -0.2) is 9.97 Å². The molecule has 0 saturated heterocycles. The summed E-state index contributed by atoms with van der Waals surface area (Å²) in [4.78, 5) is 8.80. The molecule has 1 unspecified atom stereocenters. The first kappa shape index (κ1) is 17.2. The van der Waals surface area contributed by atoms with Gasteiger partial charge < -0.3 is 10.1 Å². The highest BCUT2D eigenvalue weighted by Gasteiger charge is 2.14. The molecule has 0 saturated carbocycles. The molecule has 4 heteroatoms. The molecule has 134 valence electrons. The van der Waals surface area contributed by atoms with E-state index in [4.69, 9.17) is 4.74 Å². The lowest BCUT2D eigenvalue weighted by atomic mass is 10.1. The van der Waals surface area contributed by atoms with Crippen molar-refractivity contribution in [3.63, 3.8) is 0 Å². The van der Waals surface area contributed by atoms with Crippen LogP contribution in [0.5, 0.6) is 0 Å². The maximum Gasteiger partial charge on any atom is 0.137 e. The maximum atomic E-state index is 6.01. The minimum atomic E-state index is -0.00628. The Morgan fingerprint density at radius 1 is 0.778 bits per heavy atom. The van der Waals surface area contributed by atoms with Gasteiger partial charge in [-0.05, 0) is 23.3 Å². The first-order valence-electron chi connectivity index (χ1n) is 9.03. The zero-order chi connectivity index (χ0) is 18.3. The molecule has 27 heavy (non-hydrogen) atoms. The van der Waals surface area contributed by atoms with Crippen molar-refractivity contribution in [3.05, 3.63) is 102 Å². The summed E-state index contributed by atoms with van der Waals surface area (Å²) in [6, 6.07) is 28.5. The van der Waals surface area contributed by atoms with Crippen molar-refractivity contribution in [2.75, 3.05) is 11.9 Å². The molecule has 0 aliphatic heterocycles. The molecule has 0 bridgehead atoms. The summed E-state index contributed by atoms with van der Waals surface area (Å²) in [6.07, 6.45) is 1.59. The second kappa shape index (κ2) is 8.43. The number of nitrogens with one attached hydrogen (secondary N) is 1. The van der Waals surface area contributed by atoms with E-state index in [-0.39, 0.29) is 6.04 Å². The van der Waals surface area contributed by atoms with Crippen LogP contribution in [0, 0.1) is 0 Å². The largest absolute Gasteiger partial charge is 0.374 e. The standard InChI is InChI=1S/C23H21N3O/c1-3-9-18(10-4-1)15-27-16-22(19-11-5-2-6-12-19)26-23-20-13-7-8-14-21(20)24-17-25-23/h1-14,17,22H,15-16H2,(H,24,25,26). The first-order valence-corrected chi connectivity index (χ1v) is 9.03. The third-order valence-corrected chi connectivity index (χ3v) is 4.45. The summed E-state index contributed by atoms with van der Waals surface area (Å²) < 4.78 is 6.01. The van der Waals surface area contributed by atoms with Crippen molar-refractivity contribution in [1.29, 1.82) is 0 Å². The fraction of sp³-hybridized carbons (Fsp3) is 0.130. The van der Waals surface area contributed by atoms with Crippen molar-refractivity contribution in [2.45, 2.75) is 12.6 Å². The molecule has 0 aliphatic carbocycles. The van der Waals surface area contributed by atoms with Crippen LogP contribution < -0.4 is 5.32 Å². The van der Waals surface area contributed by atoms with E-state index in [1.165, 1.54) is 0 Å². The lowest BCUT2D eigenvalue weighted by Gasteiger charge is -2.21. The molecule has 3 aromatic carbocycles. The number of aromatic nitrogens is 2. The molecule has 4 nitrogen and oxygen atoms in total. The fourth-order valence-corrected chi connectivity index (χ4v) is 3.06. The Balaban J connectivity index is 1.54. The van der Waals surface area contributed by atoms with Gasteiger partial charge in [0.15, 0.2) is 0 Å². The van der Waals surface area contributed by atoms with Crippen LogP contribution in [0.1, 0.15) is 17.2 Å². The molecule has 0 spiro atoms. The molecule has 1 aromatic heterocycles. The van der Waals surface area contributed by atoms with Crippen LogP contribution in [0.15, 0.2) is 91.3 Å². The van der Waals surface area contributed by atoms with Crippen molar-refractivity contribution in [3.8, 4) is 0 Å². The van der Waals surface area contributed by atoms with E-state index in [2.05, 4.69) is 39.6 Å². The average molecular weight is 355 g/mol. The summed E-state index contributed by atoms with van der Waals surface area (Å²) in [5.41, 5.74) is 3.25. The number of anilines is 1. The molecule has 0 fully saturated rings. The molecule has 0 amide bonds. The smallest absolute Gasteiger partial charge is 0.137 e. The van der Waals surface area contributed by atoms with Crippen LogP contribution in [0.4, 0.5) is 5.82 Å². The van der Waals surface area contributed by atoms with Gasteiger partial charge in [0.1, 0.15) is 12.1 Å². The van der Waals surface area contributed by atoms with E-state index < -0.39 is 0 Å². The van der Waals surface area contributed by atoms with Crippen molar-refractivity contribution in [2.24, 2.45) is 0 Å². The second-order valence-corrected chi connectivity index (χ2v) is 6.35. The molecular formula is C23H21N3O. The van der Waals surface area contributed by atoms with Gasteiger partial charge in [-0.3, -0.25) is 0 Å². The molecule has 1 N–H and O–H groups in total. The highest BCUT2D eigenvalue weighted by atomic mass is 16.5. The highest BCUT2D eigenvalue weighted by Crippen LogP contribution is 2.24. The van der Waals surface area contributed by atoms with Gasteiger partial charge in [-0.15, -0.1) is 0 Å². The lowest BCUT2D eigenvalue weighted by Crippen LogP contribution is -2.18. The number of rotatable bonds is 7. The number of hydrogen-bond donors (Lipinski definition) is 1. The predicted octanol–water partition coefficient (Wildman–Crippen LogP) is 5.00. The SMILES string of the molecule is c1ccc(COCC(Nc2ncnc3ccccc23)c2ccccc2)cc1. The summed E-state index contributed by atoms with van der Waals surface area (Å²) in [7, 11) is 0. The van der Waals surface area contributed by atoms with Crippen LogP contribution in [0.25, 0.3) is 10.9 Å². The van der Waals surface area contributed by atoms with E-state index in [0.29, 0.717) is 13.2 Å². The normalized spacial score (nSPS) is 12.0. The third kappa shape index (κ3) is 4.30. The van der Waals surface area contributed by atoms with Gasteiger partial charge >= 0.3 is 0 Å². The first-order chi connectivity index (χ1) is 13.4. The molecule has 4 aromatic rings. The predicted molar refractivity (Wildman–Crippen MR) is 108 cm³/mol. The van der Waals surface area contributed by atoms with Crippen molar-refractivity contribution in [1.82, 2.24) is 9.97 Å². The van der Waals surface area contributed by atoms with Crippen molar-refractivity contribution < 1.29 is 4.74 Å². The van der Waals surface area contributed by atoms with E-state index in [1.54, 1.807) is 6.33 Å². The Bertz CT molecular complexity index is 985. The van der Waals surface area contributed by atoms with Gasteiger partial charge in [0.25, 0.3) is 0 Å². The summed E-state index contributed by atoms with van der Waals surface area (Å²) in [6.45, 7) is 1.12. The molecule has 0 radical (unpaired) electrons. The van der Waals surface area contributed by atoms with Gasteiger partial charge in [0, 0.05) is 5.39 Å². The zero-order valence-corrected chi connectivity index (χ0v) is 15.0. The number of fused-ring (bicyclic) bond motifs is 1. The van der Waals surface area contributed by atoms with Crippen LogP contribution in [-0.4, -0.2) is 16.6 Å². The minimum Gasteiger partial charge on any atom is -0.374 e. The van der Waals surface area contributed by atoms with Gasteiger partial charge in [-0.2, -0.15) is 0 Å². The van der Waals surface area contributed by atoms with E-state index in [1.807, 2.05) is 60.7 Å². The molecule has 1 atom stereocenters. The van der Waals surface area contributed by atoms with E-state index >= 15 is 0 Å². The Kier molecular flexibility index (Phi) is 5.36. The maximum absolute atomic E-state index is 6.01. The molecule has 4 rings (SSSR count). The molecular weight excluding hydrogens is 334 g/mol. The Morgan fingerprint density at radius 3 is 2.30 bits per heavy atom. The van der Waals surface area contributed by atoms with Crippen LogP contribution in [-0.2, 0) is 11.3 Å². The fourth-order valence-electron chi connectivity index (χ4n) is 3.06. The van der Waals surface area contributed by atoms with Crippen LogP contribution in [0.3, 0.4) is 0 Å². The third-order valence-electron chi connectivity index (χ3n) is 4.45. The van der Waals surface area contributed by atoms with Crippen LogP contribution >= 0.6 is 0 Å². The Labute approximate surface area is 158 Å². The number of hydrogen-bond acceptors (Lipinski definition) is 4. The minimum absolute atomic E-state index is 0.00628.